The summed E-state index contributed by atoms with van der Waals surface area (Å²) >= 11 is 3.51. The van der Waals surface area contributed by atoms with E-state index in [0.717, 1.165) is 16.9 Å². The lowest BCUT2D eigenvalue weighted by Crippen LogP contribution is -2.47. The highest BCUT2D eigenvalue weighted by Gasteiger charge is 2.67. The van der Waals surface area contributed by atoms with Gasteiger partial charge in [-0.25, -0.2) is 0 Å². The van der Waals surface area contributed by atoms with E-state index in [4.69, 9.17) is 9.47 Å². The van der Waals surface area contributed by atoms with E-state index in [9.17, 15) is 14.9 Å². The molecule has 8 heteroatoms. The van der Waals surface area contributed by atoms with Gasteiger partial charge in [0, 0.05) is 37.0 Å². The van der Waals surface area contributed by atoms with Gasteiger partial charge in [0.15, 0.2) is 11.2 Å². The number of benzene rings is 3. The topological polar surface area (TPSA) is 82.9 Å². The molecule has 0 aromatic heterocycles. The molecule has 2 aliphatic heterocycles. The molecule has 2 heterocycles. The van der Waals surface area contributed by atoms with Crippen molar-refractivity contribution < 1.29 is 19.1 Å². The van der Waals surface area contributed by atoms with Crippen LogP contribution >= 0.6 is 15.9 Å². The fourth-order valence-corrected chi connectivity index (χ4v) is 6.50. The highest BCUT2D eigenvalue weighted by molar-refractivity contribution is 9.10. The van der Waals surface area contributed by atoms with Gasteiger partial charge < -0.3 is 19.3 Å². The Bertz CT molecular complexity index is 1530. The molecule has 0 spiro atoms. The van der Waals surface area contributed by atoms with Gasteiger partial charge in [-0.15, -0.1) is 0 Å². The number of ether oxygens (including phenoxy) is 2. The molecule has 0 amide bonds. The average Bonchev–Trinajstić information content (AvgIpc) is 3.28. The van der Waals surface area contributed by atoms with Gasteiger partial charge in [0.2, 0.25) is 0 Å². The first-order chi connectivity index (χ1) is 19.3. The Balaban J connectivity index is 1.78. The quantitative estimate of drug-likeness (QED) is 0.249. The predicted octanol–water partition coefficient (Wildman–Crippen LogP) is 5.85. The first-order valence-electron chi connectivity index (χ1n) is 13.1. The van der Waals surface area contributed by atoms with Crippen molar-refractivity contribution >= 4 is 45.1 Å². The zero-order chi connectivity index (χ0) is 28.6. The zero-order valence-corrected chi connectivity index (χ0v) is 24.4. The fraction of sp³-hybridized carbons (Fsp3) is 0.281. The van der Waals surface area contributed by atoms with Gasteiger partial charge in [-0.2, -0.15) is 5.26 Å². The molecular formula is C32H30BrN3O4. The summed E-state index contributed by atoms with van der Waals surface area (Å²) in [5, 5.41) is 10.9. The number of fused-ring (bicyclic) bond motifs is 3. The van der Waals surface area contributed by atoms with Crippen LogP contribution in [0.4, 0.5) is 11.4 Å². The largest absolute Gasteiger partial charge is 0.496 e. The SMILES string of the molecule is CCOC(=O)[C@]1(C#N)[C@H](c2ccc(N(C)C)cc2)[C@@H](C(=O)c2ccc(OC)c(Br)c2)N2c3ccccc3C=C[C@H]21. The molecular weight excluding hydrogens is 570 g/mol. The summed E-state index contributed by atoms with van der Waals surface area (Å²) in [5.74, 6) is -1.06. The minimum atomic E-state index is -1.68. The van der Waals surface area contributed by atoms with E-state index in [-0.39, 0.29) is 12.4 Å². The molecule has 5 rings (SSSR count). The van der Waals surface area contributed by atoms with E-state index in [0.29, 0.717) is 21.3 Å². The average molecular weight is 601 g/mol. The summed E-state index contributed by atoms with van der Waals surface area (Å²) in [6.45, 7) is 1.84. The summed E-state index contributed by atoms with van der Waals surface area (Å²) < 4.78 is 11.6. The van der Waals surface area contributed by atoms with Gasteiger partial charge in [0.25, 0.3) is 0 Å². The Kier molecular flexibility index (Phi) is 7.43. The van der Waals surface area contributed by atoms with E-state index in [1.165, 1.54) is 0 Å². The molecule has 0 N–H and O–H groups in total. The van der Waals surface area contributed by atoms with Crippen molar-refractivity contribution in [2.24, 2.45) is 5.41 Å². The third-order valence-electron chi connectivity index (χ3n) is 7.82. The number of anilines is 2. The lowest BCUT2D eigenvalue weighted by molar-refractivity contribution is -0.152. The van der Waals surface area contributed by atoms with E-state index in [1.807, 2.05) is 84.6 Å². The van der Waals surface area contributed by atoms with Crippen molar-refractivity contribution in [2.45, 2.75) is 24.9 Å². The molecule has 7 nitrogen and oxygen atoms in total. The number of nitrogens with zero attached hydrogens (tertiary/aromatic N) is 3. The van der Waals surface area contributed by atoms with Gasteiger partial charge in [0.05, 0.1) is 30.3 Å². The zero-order valence-electron chi connectivity index (χ0n) is 22.8. The second kappa shape index (κ2) is 10.8. The second-order valence-corrected chi connectivity index (χ2v) is 10.9. The highest BCUT2D eigenvalue weighted by Crippen LogP contribution is 2.56. The fourth-order valence-electron chi connectivity index (χ4n) is 5.96. The normalized spacial score (nSPS) is 22.6. The third kappa shape index (κ3) is 4.25. The van der Waals surface area contributed by atoms with Gasteiger partial charge in [-0.05, 0) is 70.4 Å². The number of hydrogen-bond acceptors (Lipinski definition) is 7. The van der Waals surface area contributed by atoms with Crippen molar-refractivity contribution in [3.8, 4) is 11.8 Å². The Morgan fingerprint density at radius 1 is 1.10 bits per heavy atom. The number of methoxy groups -OCH3 is 1. The molecule has 1 fully saturated rings. The summed E-state index contributed by atoms with van der Waals surface area (Å²) in [7, 11) is 5.45. The summed E-state index contributed by atoms with van der Waals surface area (Å²) in [5.41, 5.74) is 2.14. The van der Waals surface area contributed by atoms with E-state index < -0.39 is 29.4 Å². The molecule has 2 aliphatic rings. The molecule has 204 valence electrons. The standard InChI is InChI=1S/C32H30BrN3O4/c1-5-40-31(38)32(19-34)27-17-13-20-8-6-7-9-25(20)36(27)29(28(32)21-10-14-23(15-11-21)35(2)3)30(37)22-12-16-26(39-4)24(33)18-22/h6-18,27-29H,5H2,1-4H3/t27-,28+,29-,32-/m0/s1. The van der Waals surface area contributed by atoms with E-state index in [1.54, 1.807) is 32.2 Å². The number of halogens is 1. The first-order valence-corrected chi connectivity index (χ1v) is 13.9. The van der Waals surface area contributed by atoms with E-state index in [2.05, 4.69) is 22.0 Å². The molecule has 40 heavy (non-hydrogen) atoms. The van der Waals surface area contributed by atoms with Crippen molar-refractivity contribution in [2.75, 3.05) is 37.6 Å². The number of Topliss-reactive ketones (excluding diaryl/α,β-unsaturated/α-hetero) is 1. The van der Waals surface area contributed by atoms with Crippen LogP contribution in [0.5, 0.6) is 5.75 Å². The number of ketones is 1. The van der Waals surface area contributed by atoms with Crippen LogP contribution in [-0.4, -0.2) is 51.6 Å². The maximum Gasteiger partial charge on any atom is 0.329 e. The number of rotatable bonds is 7. The van der Waals surface area contributed by atoms with Gasteiger partial charge in [-0.3, -0.25) is 9.59 Å². The van der Waals surface area contributed by atoms with Crippen LogP contribution in [0.25, 0.3) is 6.08 Å². The van der Waals surface area contributed by atoms with Gasteiger partial charge in [0.1, 0.15) is 11.8 Å². The minimum absolute atomic E-state index is 0.117. The van der Waals surface area contributed by atoms with Crippen LogP contribution in [0.15, 0.2) is 77.3 Å². The summed E-state index contributed by atoms with van der Waals surface area (Å²) in [4.78, 5) is 32.4. The van der Waals surface area contributed by atoms with Crippen LogP contribution in [-0.2, 0) is 9.53 Å². The Labute approximate surface area is 242 Å². The Hall–Kier alpha value is -4.09. The monoisotopic (exact) mass is 599 g/mol. The van der Waals surface area contributed by atoms with E-state index >= 15 is 0 Å². The van der Waals surface area contributed by atoms with Crippen LogP contribution in [0.1, 0.15) is 34.3 Å². The maximum atomic E-state index is 14.6. The molecule has 4 atom stereocenters. The number of carbonyl (C=O) groups is 2. The van der Waals surface area contributed by atoms with Crippen molar-refractivity contribution in [3.05, 3.63) is 94.0 Å². The molecule has 0 saturated carbocycles. The molecule has 0 aliphatic carbocycles. The van der Waals surface area contributed by atoms with Crippen LogP contribution in [0.3, 0.4) is 0 Å². The lowest BCUT2D eigenvalue weighted by atomic mass is 9.68. The number of nitriles is 1. The highest BCUT2D eigenvalue weighted by atomic mass is 79.9. The van der Waals surface area contributed by atoms with Gasteiger partial charge in [-0.1, -0.05) is 42.5 Å². The molecule has 1 saturated heterocycles. The molecule has 0 bridgehead atoms. The molecule has 0 radical (unpaired) electrons. The lowest BCUT2D eigenvalue weighted by Gasteiger charge is -2.36. The minimum Gasteiger partial charge on any atom is -0.496 e. The number of esters is 1. The molecule has 3 aromatic carbocycles. The number of hydrogen-bond donors (Lipinski definition) is 0. The number of carbonyl (C=O) groups excluding carboxylic acids is 2. The summed E-state index contributed by atoms with van der Waals surface area (Å²) in [6.07, 6.45) is 3.78. The Morgan fingerprint density at radius 2 is 1.82 bits per heavy atom. The van der Waals surface area contributed by atoms with Crippen molar-refractivity contribution in [1.29, 1.82) is 5.26 Å². The van der Waals surface area contributed by atoms with Crippen LogP contribution in [0, 0.1) is 16.7 Å². The van der Waals surface area contributed by atoms with Crippen LogP contribution < -0.4 is 14.5 Å². The third-order valence-corrected chi connectivity index (χ3v) is 8.44. The smallest absolute Gasteiger partial charge is 0.329 e. The van der Waals surface area contributed by atoms with Gasteiger partial charge >= 0.3 is 5.97 Å². The number of para-hydroxylation sites is 1. The second-order valence-electron chi connectivity index (χ2n) is 10.1. The Morgan fingerprint density at radius 3 is 2.45 bits per heavy atom. The van der Waals surface area contributed by atoms with Crippen molar-refractivity contribution in [1.82, 2.24) is 0 Å². The molecule has 0 unspecified atom stereocenters. The van der Waals surface area contributed by atoms with Crippen LogP contribution in [0.2, 0.25) is 0 Å². The first kappa shape index (κ1) is 27.5. The maximum absolute atomic E-state index is 14.6. The van der Waals surface area contributed by atoms with Crippen molar-refractivity contribution in [3.63, 3.8) is 0 Å². The summed E-state index contributed by atoms with van der Waals surface area (Å²) in [6, 6.07) is 21.4. The molecule has 3 aromatic rings. The predicted molar refractivity (Wildman–Crippen MR) is 159 cm³/mol.